The van der Waals surface area contributed by atoms with Crippen molar-refractivity contribution in [3.63, 3.8) is 0 Å². The first-order valence-corrected chi connectivity index (χ1v) is 6.08. The zero-order chi connectivity index (χ0) is 15.4. The molecule has 21 heavy (non-hydrogen) atoms. The number of halogens is 1. The normalized spacial score (nSPS) is 10.2. The monoisotopic (exact) mass is 291 g/mol. The van der Waals surface area contributed by atoms with Crippen molar-refractivity contribution in [2.75, 3.05) is 17.4 Å². The Morgan fingerprint density at radius 1 is 1.38 bits per heavy atom. The maximum Gasteiger partial charge on any atom is 0.276 e. The van der Waals surface area contributed by atoms with Crippen LogP contribution in [0, 0.1) is 15.9 Å². The molecule has 0 fully saturated rings. The lowest BCUT2D eigenvalue weighted by Gasteiger charge is -2.18. The van der Waals surface area contributed by atoms with Crippen LogP contribution in [0.5, 0.6) is 0 Å². The Morgan fingerprint density at radius 3 is 2.62 bits per heavy atom. The highest BCUT2D eigenvalue weighted by atomic mass is 19.1. The van der Waals surface area contributed by atoms with Gasteiger partial charge in [0.1, 0.15) is 17.5 Å². The fourth-order valence-electron chi connectivity index (χ4n) is 1.82. The molecule has 110 valence electrons. The standard InChI is InChI=1S/C13H14FN5O2/c1-18(8-9-2-4-10(14)5-3-9)13-7-11(19(20)21)6-12(16-13)17-15/h2-7H,8,15H2,1H3,(H,16,17). The predicted molar refractivity (Wildman–Crippen MR) is 77.2 cm³/mol. The van der Waals surface area contributed by atoms with Gasteiger partial charge in [-0.25, -0.2) is 15.2 Å². The van der Waals surface area contributed by atoms with Gasteiger partial charge in [-0.05, 0) is 17.7 Å². The summed E-state index contributed by atoms with van der Waals surface area (Å²) < 4.78 is 12.9. The van der Waals surface area contributed by atoms with Crippen molar-refractivity contribution in [2.45, 2.75) is 6.54 Å². The second kappa shape index (κ2) is 6.14. The molecule has 0 spiro atoms. The molecular formula is C13H14FN5O2. The minimum atomic E-state index is -0.516. The van der Waals surface area contributed by atoms with E-state index in [1.54, 1.807) is 24.1 Å². The number of hydrogen-bond acceptors (Lipinski definition) is 6. The Morgan fingerprint density at radius 2 is 2.05 bits per heavy atom. The number of rotatable bonds is 5. The second-order valence-corrected chi connectivity index (χ2v) is 4.45. The van der Waals surface area contributed by atoms with Gasteiger partial charge in [0.05, 0.1) is 17.1 Å². The van der Waals surface area contributed by atoms with E-state index in [-0.39, 0.29) is 17.3 Å². The molecule has 0 unspecified atom stereocenters. The summed E-state index contributed by atoms with van der Waals surface area (Å²) in [4.78, 5) is 16.2. The number of nitro groups is 1. The summed E-state index contributed by atoms with van der Waals surface area (Å²) in [6.45, 7) is 0.429. The molecule has 3 N–H and O–H groups in total. The van der Waals surface area contributed by atoms with Gasteiger partial charge in [0.15, 0.2) is 0 Å². The summed E-state index contributed by atoms with van der Waals surface area (Å²) in [5.74, 6) is 5.54. The molecule has 1 heterocycles. The van der Waals surface area contributed by atoms with E-state index >= 15 is 0 Å². The molecule has 7 nitrogen and oxygen atoms in total. The quantitative estimate of drug-likeness (QED) is 0.497. The molecule has 8 heteroatoms. The van der Waals surface area contributed by atoms with Crippen LogP contribution in [-0.2, 0) is 6.54 Å². The Bertz CT molecular complexity index is 648. The lowest BCUT2D eigenvalue weighted by atomic mass is 10.2. The summed E-state index contributed by atoms with van der Waals surface area (Å²) in [5.41, 5.74) is 3.04. The fourth-order valence-corrected chi connectivity index (χ4v) is 1.82. The molecule has 0 aliphatic heterocycles. The van der Waals surface area contributed by atoms with Gasteiger partial charge in [-0.15, -0.1) is 0 Å². The summed E-state index contributed by atoms with van der Waals surface area (Å²) in [6, 6.07) is 8.60. The highest BCUT2D eigenvalue weighted by molar-refractivity contribution is 5.55. The van der Waals surface area contributed by atoms with Gasteiger partial charge in [-0.3, -0.25) is 10.1 Å². The van der Waals surface area contributed by atoms with Gasteiger partial charge in [-0.1, -0.05) is 12.1 Å². The van der Waals surface area contributed by atoms with Crippen molar-refractivity contribution in [1.29, 1.82) is 0 Å². The first-order valence-electron chi connectivity index (χ1n) is 6.08. The maximum atomic E-state index is 12.9. The number of aromatic nitrogens is 1. The largest absolute Gasteiger partial charge is 0.355 e. The number of hydrazine groups is 1. The number of pyridine rings is 1. The Kier molecular flexibility index (Phi) is 4.29. The van der Waals surface area contributed by atoms with Crippen molar-refractivity contribution >= 4 is 17.3 Å². The Hall–Kier alpha value is -2.74. The summed E-state index contributed by atoms with van der Waals surface area (Å²) in [5, 5.41) is 10.9. The minimum Gasteiger partial charge on any atom is -0.355 e. The van der Waals surface area contributed by atoms with Crippen molar-refractivity contribution in [1.82, 2.24) is 4.98 Å². The van der Waals surface area contributed by atoms with Crippen LogP contribution in [0.4, 0.5) is 21.7 Å². The van der Waals surface area contributed by atoms with E-state index in [0.717, 1.165) is 5.56 Å². The van der Waals surface area contributed by atoms with Crippen molar-refractivity contribution in [3.8, 4) is 0 Å². The van der Waals surface area contributed by atoms with E-state index < -0.39 is 4.92 Å². The van der Waals surface area contributed by atoms with Gasteiger partial charge in [-0.2, -0.15) is 0 Å². The number of nitrogen functional groups attached to an aromatic ring is 1. The van der Waals surface area contributed by atoms with Crippen LogP contribution in [0.3, 0.4) is 0 Å². The minimum absolute atomic E-state index is 0.112. The smallest absolute Gasteiger partial charge is 0.276 e. The van der Waals surface area contributed by atoms with E-state index in [2.05, 4.69) is 10.4 Å². The fraction of sp³-hybridized carbons (Fsp3) is 0.154. The Labute approximate surface area is 120 Å². The zero-order valence-corrected chi connectivity index (χ0v) is 11.3. The molecule has 0 aliphatic carbocycles. The van der Waals surface area contributed by atoms with Crippen LogP contribution >= 0.6 is 0 Å². The van der Waals surface area contributed by atoms with Crippen molar-refractivity contribution in [2.24, 2.45) is 5.84 Å². The van der Waals surface area contributed by atoms with Gasteiger partial charge in [0, 0.05) is 13.6 Å². The van der Waals surface area contributed by atoms with Gasteiger partial charge >= 0.3 is 0 Å². The number of hydrogen-bond donors (Lipinski definition) is 2. The first kappa shape index (κ1) is 14.7. The maximum absolute atomic E-state index is 12.9. The molecule has 2 aromatic rings. The summed E-state index contributed by atoms with van der Waals surface area (Å²) in [6.07, 6.45) is 0. The average molecular weight is 291 g/mol. The molecule has 1 aromatic heterocycles. The predicted octanol–water partition coefficient (Wildman–Crippen LogP) is 2.05. The highest BCUT2D eigenvalue weighted by Crippen LogP contribution is 2.23. The van der Waals surface area contributed by atoms with Crippen LogP contribution in [0.2, 0.25) is 0 Å². The number of nitrogens with zero attached hydrogens (tertiary/aromatic N) is 3. The molecule has 0 atom stereocenters. The third-order valence-electron chi connectivity index (χ3n) is 2.88. The zero-order valence-electron chi connectivity index (χ0n) is 11.3. The number of anilines is 2. The second-order valence-electron chi connectivity index (χ2n) is 4.45. The number of nitrogens with two attached hydrogens (primary N) is 1. The van der Waals surface area contributed by atoms with Gasteiger partial charge < -0.3 is 10.3 Å². The lowest BCUT2D eigenvalue weighted by molar-refractivity contribution is -0.384. The van der Waals surface area contributed by atoms with E-state index in [1.165, 1.54) is 24.3 Å². The molecule has 2 rings (SSSR count). The first-order chi connectivity index (χ1) is 9.99. The van der Waals surface area contributed by atoms with Crippen molar-refractivity contribution < 1.29 is 9.31 Å². The molecule has 0 saturated carbocycles. The highest BCUT2D eigenvalue weighted by Gasteiger charge is 2.13. The summed E-state index contributed by atoms with van der Waals surface area (Å²) in [7, 11) is 1.73. The van der Waals surface area contributed by atoms with Crippen LogP contribution < -0.4 is 16.2 Å². The third kappa shape index (κ3) is 3.63. The van der Waals surface area contributed by atoms with Crippen LogP contribution in [0.25, 0.3) is 0 Å². The van der Waals surface area contributed by atoms with Crippen LogP contribution in [0.1, 0.15) is 5.56 Å². The Balaban J connectivity index is 2.25. The van der Waals surface area contributed by atoms with E-state index in [0.29, 0.717) is 12.4 Å². The van der Waals surface area contributed by atoms with Gasteiger partial charge in [0.25, 0.3) is 5.69 Å². The third-order valence-corrected chi connectivity index (χ3v) is 2.88. The van der Waals surface area contributed by atoms with Gasteiger partial charge in [0.2, 0.25) is 0 Å². The van der Waals surface area contributed by atoms with Crippen LogP contribution in [0.15, 0.2) is 36.4 Å². The average Bonchev–Trinajstić information content (AvgIpc) is 2.49. The number of benzene rings is 1. The molecule has 1 aromatic carbocycles. The van der Waals surface area contributed by atoms with E-state index in [9.17, 15) is 14.5 Å². The molecular weight excluding hydrogens is 277 g/mol. The van der Waals surface area contributed by atoms with Crippen molar-refractivity contribution in [3.05, 3.63) is 57.9 Å². The number of nitrogens with one attached hydrogen (secondary N) is 1. The molecule has 0 amide bonds. The van der Waals surface area contributed by atoms with E-state index in [1.807, 2.05) is 0 Å². The molecule has 0 radical (unpaired) electrons. The molecule has 0 aliphatic rings. The molecule has 0 saturated heterocycles. The summed E-state index contributed by atoms with van der Waals surface area (Å²) >= 11 is 0. The molecule has 0 bridgehead atoms. The van der Waals surface area contributed by atoms with Crippen LogP contribution in [-0.4, -0.2) is 17.0 Å². The lowest BCUT2D eigenvalue weighted by Crippen LogP contribution is -2.19. The topological polar surface area (TPSA) is 97.3 Å². The SMILES string of the molecule is CN(Cc1ccc(F)cc1)c1cc([N+](=O)[O-])cc(NN)n1. The van der Waals surface area contributed by atoms with E-state index in [4.69, 9.17) is 5.84 Å².